The van der Waals surface area contributed by atoms with E-state index in [9.17, 15) is 9.90 Å². The fourth-order valence-corrected chi connectivity index (χ4v) is 2.75. The molecule has 0 radical (unpaired) electrons. The minimum atomic E-state index is -0.481. The number of hydrogen-bond acceptors (Lipinski definition) is 3. The average molecular weight is 285 g/mol. The van der Waals surface area contributed by atoms with Gasteiger partial charge in [0, 0.05) is 29.2 Å². The maximum Gasteiger partial charge on any atom is 0.331 e. The van der Waals surface area contributed by atoms with Crippen LogP contribution in [-0.4, -0.2) is 21.2 Å². The van der Waals surface area contributed by atoms with Gasteiger partial charge in [-0.25, -0.2) is 4.79 Å². The van der Waals surface area contributed by atoms with Gasteiger partial charge >= 0.3 is 5.97 Å². The number of nitrogens with zero attached hydrogens (tertiary/aromatic N) is 1. The Morgan fingerprint density at radius 1 is 1.33 bits per heavy atom. The molecular formula is C17H19NO3. The Labute approximate surface area is 123 Å². The number of hydrogen-bond donors (Lipinski definition) is 1. The van der Waals surface area contributed by atoms with Crippen LogP contribution < -0.4 is 0 Å². The van der Waals surface area contributed by atoms with Crippen molar-refractivity contribution in [2.24, 2.45) is 0 Å². The number of aryl methyl sites for hydroxylation is 1. The molecule has 1 N–H and O–H groups in total. The highest BCUT2D eigenvalue weighted by atomic mass is 16.6. The topological polar surface area (TPSA) is 51.5 Å². The molecule has 110 valence electrons. The number of phenols is 1. The number of allylic oxidation sites excluding steroid dienone is 1. The standard InChI is InChI=1S/C17H19NO3/c1-17(2,3)21-16(20)10-11-6-7-18-14-5-4-13(19)8-12(14)9-15(11)18/h4-5,8-10,19H,6-7H2,1-3H3. The number of benzene rings is 1. The zero-order valence-electron chi connectivity index (χ0n) is 12.5. The van der Waals surface area contributed by atoms with E-state index in [2.05, 4.69) is 4.57 Å². The van der Waals surface area contributed by atoms with E-state index < -0.39 is 5.60 Å². The number of rotatable bonds is 1. The van der Waals surface area contributed by atoms with E-state index in [-0.39, 0.29) is 11.7 Å². The zero-order chi connectivity index (χ0) is 15.2. The third-order valence-corrected chi connectivity index (χ3v) is 3.52. The molecule has 4 heteroatoms. The van der Waals surface area contributed by atoms with E-state index in [4.69, 9.17) is 4.74 Å². The number of aromatic hydroxyl groups is 1. The van der Waals surface area contributed by atoms with Crippen molar-refractivity contribution in [1.29, 1.82) is 0 Å². The van der Waals surface area contributed by atoms with Gasteiger partial charge in [-0.3, -0.25) is 0 Å². The summed E-state index contributed by atoms with van der Waals surface area (Å²) in [6, 6.07) is 7.35. The molecule has 2 heterocycles. The lowest BCUT2D eigenvalue weighted by Gasteiger charge is -2.18. The molecule has 0 aliphatic carbocycles. The van der Waals surface area contributed by atoms with Crippen molar-refractivity contribution in [3.05, 3.63) is 36.0 Å². The van der Waals surface area contributed by atoms with Gasteiger partial charge in [-0.05, 0) is 57.0 Å². The first-order valence-corrected chi connectivity index (χ1v) is 7.10. The number of phenolic OH excluding ortho intramolecular Hbond substituents is 1. The highest BCUT2D eigenvalue weighted by Gasteiger charge is 2.22. The molecule has 0 saturated carbocycles. The van der Waals surface area contributed by atoms with E-state index >= 15 is 0 Å². The molecule has 1 aromatic carbocycles. The molecule has 0 bridgehead atoms. The van der Waals surface area contributed by atoms with Crippen LogP contribution in [0.4, 0.5) is 0 Å². The summed E-state index contributed by atoms with van der Waals surface area (Å²) in [5, 5.41) is 10.5. The lowest BCUT2D eigenvalue weighted by atomic mass is 10.1. The van der Waals surface area contributed by atoms with Crippen molar-refractivity contribution in [1.82, 2.24) is 4.57 Å². The molecule has 4 nitrogen and oxygen atoms in total. The van der Waals surface area contributed by atoms with Gasteiger partial charge in [-0.15, -0.1) is 0 Å². The second-order valence-corrected chi connectivity index (χ2v) is 6.38. The lowest BCUT2D eigenvalue weighted by molar-refractivity contribution is -0.148. The van der Waals surface area contributed by atoms with Crippen LogP contribution in [-0.2, 0) is 16.1 Å². The van der Waals surface area contributed by atoms with E-state index in [0.717, 1.165) is 35.1 Å². The highest BCUT2D eigenvalue weighted by Crippen LogP contribution is 2.34. The highest BCUT2D eigenvalue weighted by molar-refractivity contribution is 5.95. The quantitative estimate of drug-likeness (QED) is 0.644. The van der Waals surface area contributed by atoms with Gasteiger partial charge in [0.1, 0.15) is 11.4 Å². The Hall–Kier alpha value is -2.23. The maximum atomic E-state index is 11.9. The second kappa shape index (κ2) is 4.65. The Balaban J connectivity index is 1.96. The Bertz CT molecular complexity index is 747. The Morgan fingerprint density at radius 2 is 2.10 bits per heavy atom. The number of ether oxygens (including phenoxy) is 1. The zero-order valence-corrected chi connectivity index (χ0v) is 12.5. The van der Waals surface area contributed by atoms with Crippen molar-refractivity contribution < 1.29 is 14.6 Å². The fourth-order valence-electron chi connectivity index (χ4n) is 2.75. The average Bonchev–Trinajstić information content (AvgIpc) is 2.86. The van der Waals surface area contributed by atoms with Crippen molar-refractivity contribution in [2.45, 2.75) is 39.3 Å². The molecule has 0 amide bonds. The summed E-state index contributed by atoms with van der Waals surface area (Å²) in [5.74, 6) is -0.0523. The van der Waals surface area contributed by atoms with Crippen LogP contribution in [0, 0.1) is 0 Å². The normalized spacial score (nSPS) is 16.4. The molecule has 21 heavy (non-hydrogen) atoms. The monoisotopic (exact) mass is 285 g/mol. The van der Waals surface area contributed by atoms with Crippen molar-refractivity contribution in [3.63, 3.8) is 0 Å². The molecule has 1 aromatic heterocycles. The molecule has 3 rings (SSSR count). The predicted octanol–water partition coefficient (Wildman–Crippen LogP) is 3.48. The molecular weight excluding hydrogens is 266 g/mol. The summed E-state index contributed by atoms with van der Waals surface area (Å²) in [6.07, 6.45) is 2.41. The van der Waals surface area contributed by atoms with Crippen molar-refractivity contribution >= 4 is 22.4 Å². The molecule has 2 aromatic rings. The van der Waals surface area contributed by atoms with Gasteiger partial charge in [-0.1, -0.05) is 0 Å². The van der Waals surface area contributed by atoms with Gasteiger partial charge in [0.15, 0.2) is 0 Å². The molecule has 0 saturated heterocycles. The molecule has 0 fully saturated rings. The summed E-state index contributed by atoms with van der Waals surface area (Å²) < 4.78 is 7.51. The van der Waals surface area contributed by atoms with Crippen LogP contribution in [0.5, 0.6) is 5.75 Å². The number of carbonyl (C=O) groups is 1. The van der Waals surface area contributed by atoms with E-state index in [1.807, 2.05) is 32.9 Å². The summed E-state index contributed by atoms with van der Waals surface area (Å²) in [5.41, 5.74) is 2.61. The van der Waals surface area contributed by atoms with Crippen LogP contribution in [0.3, 0.4) is 0 Å². The first-order chi connectivity index (χ1) is 9.83. The Morgan fingerprint density at radius 3 is 2.81 bits per heavy atom. The van der Waals surface area contributed by atoms with Crippen LogP contribution in [0.25, 0.3) is 16.5 Å². The number of aromatic nitrogens is 1. The minimum absolute atomic E-state index is 0.254. The van der Waals surface area contributed by atoms with Gasteiger partial charge in [0.2, 0.25) is 0 Å². The summed E-state index contributed by atoms with van der Waals surface area (Å²) in [7, 11) is 0. The molecule has 0 spiro atoms. The van der Waals surface area contributed by atoms with Gasteiger partial charge < -0.3 is 14.4 Å². The van der Waals surface area contributed by atoms with E-state index in [1.165, 1.54) is 0 Å². The van der Waals surface area contributed by atoms with Crippen LogP contribution in [0.15, 0.2) is 30.3 Å². The largest absolute Gasteiger partial charge is 0.508 e. The third kappa shape index (κ3) is 2.66. The maximum absolute atomic E-state index is 11.9. The van der Waals surface area contributed by atoms with Crippen LogP contribution >= 0.6 is 0 Å². The lowest BCUT2D eigenvalue weighted by Crippen LogP contribution is -2.22. The SMILES string of the molecule is CC(C)(C)OC(=O)C=C1CCn2c1cc1cc(O)ccc12. The smallest absolute Gasteiger partial charge is 0.331 e. The summed E-state index contributed by atoms with van der Waals surface area (Å²) >= 11 is 0. The number of esters is 1. The number of carbonyl (C=O) groups excluding carboxylic acids is 1. The number of fused-ring (bicyclic) bond motifs is 3. The van der Waals surface area contributed by atoms with Gasteiger partial charge in [0.25, 0.3) is 0 Å². The minimum Gasteiger partial charge on any atom is -0.508 e. The molecule has 0 unspecified atom stereocenters. The summed E-state index contributed by atoms with van der Waals surface area (Å²) in [6.45, 7) is 6.42. The molecule has 1 aliphatic rings. The fraction of sp³-hybridized carbons (Fsp3) is 0.353. The predicted molar refractivity (Wildman–Crippen MR) is 82.0 cm³/mol. The van der Waals surface area contributed by atoms with Crippen LogP contribution in [0.1, 0.15) is 32.9 Å². The first-order valence-electron chi connectivity index (χ1n) is 7.10. The summed E-state index contributed by atoms with van der Waals surface area (Å²) in [4.78, 5) is 11.9. The van der Waals surface area contributed by atoms with Crippen LogP contribution in [0.2, 0.25) is 0 Å². The Kier molecular flexibility index (Phi) is 3.04. The third-order valence-electron chi connectivity index (χ3n) is 3.52. The van der Waals surface area contributed by atoms with Crippen molar-refractivity contribution in [2.75, 3.05) is 0 Å². The van der Waals surface area contributed by atoms with Gasteiger partial charge in [0.05, 0.1) is 0 Å². The second-order valence-electron chi connectivity index (χ2n) is 6.38. The first kappa shape index (κ1) is 13.7. The van der Waals surface area contributed by atoms with E-state index in [1.54, 1.807) is 18.2 Å². The van der Waals surface area contributed by atoms with E-state index in [0.29, 0.717) is 0 Å². The van der Waals surface area contributed by atoms with Gasteiger partial charge in [-0.2, -0.15) is 0 Å². The molecule has 1 aliphatic heterocycles. The van der Waals surface area contributed by atoms with Crippen molar-refractivity contribution in [3.8, 4) is 5.75 Å². The molecule has 0 atom stereocenters.